The van der Waals surface area contributed by atoms with Crippen molar-refractivity contribution in [2.45, 2.75) is 32.4 Å². The summed E-state index contributed by atoms with van der Waals surface area (Å²) in [5.74, 6) is 0.393. The number of benzene rings is 1. The van der Waals surface area contributed by atoms with Crippen molar-refractivity contribution in [3.05, 3.63) is 52.4 Å². The molecule has 7 heteroatoms. The lowest BCUT2D eigenvalue weighted by molar-refractivity contribution is 0.366. The second kappa shape index (κ2) is 6.09. The number of aromatic nitrogens is 4. The number of nitrogens with zero attached hydrogens (tertiary/aromatic N) is 3. The molecule has 1 unspecified atom stereocenters. The van der Waals surface area contributed by atoms with Crippen molar-refractivity contribution < 1.29 is 0 Å². The summed E-state index contributed by atoms with van der Waals surface area (Å²) in [6.45, 7) is 6.50. The van der Waals surface area contributed by atoms with Crippen LogP contribution >= 0.6 is 0 Å². The van der Waals surface area contributed by atoms with Gasteiger partial charge in [-0.05, 0) is 26.3 Å². The van der Waals surface area contributed by atoms with Crippen LogP contribution in [-0.2, 0) is 5.54 Å². The van der Waals surface area contributed by atoms with Crippen molar-refractivity contribution in [3.8, 4) is 0 Å². The number of nitrogens with one attached hydrogen (secondary N) is 2. The Bertz CT molecular complexity index is 891. The second-order valence-electron chi connectivity index (χ2n) is 6.78. The van der Waals surface area contributed by atoms with Crippen molar-refractivity contribution in [1.82, 2.24) is 19.7 Å². The number of nitrogens with two attached hydrogens (primary N) is 1. The van der Waals surface area contributed by atoms with E-state index in [1.54, 1.807) is 10.9 Å². The van der Waals surface area contributed by atoms with Gasteiger partial charge in [0.05, 0.1) is 11.7 Å². The van der Waals surface area contributed by atoms with Gasteiger partial charge in [0.15, 0.2) is 5.65 Å². The van der Waals surface area contributed by atoms with Gasteiger partial charge in [-0.2, -0.15) is 10.1 Å². The van der Waals surface area contributed by atoms with Crippen LogP contribution in [0.3, 0.4) is 0 Å². The summed E-state index contributed by atoms with van der Waals surface area (Å²) in [5.41, 5.74) is 7.27. The van der Waals surface area contributed by atoms with Crippen molar-refractivity contribution in [2.24, 2.45) is 5.73 Å². The average molecular weight is 326 g/mol. The minimum Gasteiger partial charge on any atom is -0.354 e. The van der Waals surface area contributed by atoms with Gasteiger partial charge in [-0.25, -0.2) is 4.68 Å². The first-order valence-electron chi connectivity index (χ1n) is 7.89. The third-order valence-electron chi connectivity index (χ3n) is 3.79. The molecule has 0 radical (unpaired) electrons. The summed E-state index contributed by atoms with van der Waals surface area (Å²) in [5, 5.41) is 7.88. The molecule has 3 aromatic rings. The van der Waals surface area contributed by atoms with Gasteiger partial charge in [0.25, 0.3) is 5.56 Å². The Balaban J connectivity index is 1.86. The fourth-order valence-electron chi connectivity index (χ4n) is 2.52. The van der Waals surface area contributed by atoms with E-state index in [9.17, 15) is 4.79 Å². The topological polar surface area (TPSA) is 102 Å². The first-order valence-corrected chi connectivity index (χ1v) is 7.89. The molecule has 0 aliphatic heterocycles. The molecule has 0 amide bonds. The van der Waals surface area contributed by atoms with E-state index in [1.807, 2.05) is 51.1 Å². The van der Waals surface area contributed by atoms with Gasteiger partial charge in [0.2, 0.25) is 5.95 Å². The van der Waals surface area contributed by atoms with Crippen molar-refractivity contribution in [2.75, 3.05) is 11.9 Å². The monoisotopic (exact) mass is 326 g/mol. The third kappa shape index (κ3) is 3.16. The molecule has 1 aromatic carbocycles. The lowest BCUT2D eigenvalue weighted by Gasteiger charge is -2.20. The van der Waals surface area contributed by atoms with Gasteiger partial charge >= 0.3 is 0 Å². The molecule has 0 saturated heterocycles. The van der Waals surface area contributed by atoms with E-state index in [0.717, 1.165) is 5.56 Å². The van der Waals surface area contributed by atoms with Crippen LogP contribution in [0.1, 0.15) is 32.4 Å². The maximum absolute atomic E-state index is 12.2. The van der Waals surface area contributed by atoms with E-state index in [0.29, 0.717) is 23.5 Å². The van der Waals surface area contributed by atoms with Gasteiger partial charge in [-0.1, -0.05) is 30.3 Å². The predicted molar refractivity (Wildman–Crippen MR) is 95.0 cm³/mol. The van der Waals surface area contributed by atoms with Crippen LogP contribution in [0.2, 0.25) is 0 Å². The highest BCUT2D eigenvalue weighted by Gasteiger charge is 2.20. The molecule has 0 saturated carbocycles. The largest absolute Gasteiger partial charge is 0.354 e. The summed E-state index contributed by atoms with van der Waals surface area (Å²) in [4.78, 5) is 19.5. The van der Waals surface area contributed by atoms with E-state index in [1.165, 1.54) is 0 Å². The Hall–Kier alpha value is -2.67. The SMILES string of the molecule is CC(C)(C)n1ncc2c(=O)[nH]c(NCC(N)c3ccccc3)nc21. The van der Waals surface area contributed by atoms with E-state index < -0.39 is 0 Å². The number of rotatable bonds is 4. The van der Waals surface area contributed by atoms with Crippen LogP contribution in [-0.4, -0.2) is 26.3 Å². The maximum atomic E-state index is 12.2. The van der Waals surface area contributed by atoms with E-state index in [2.05, 4.69) is 20.4 Å². The Kier molecular flexibility index (Phi) is 4.11. The Morgan fingerprint density at radius 3 is 2.67 bits per heavy atom. The van der Waals surface area contributed by atoms with Gasteiger partial charge < -0.3 is 11.1 Å². The maximum Gasteiger partial charge on any atom is 0.263 e. The third-order valence-corrected chi connectivity index (χ3v) is 3.79. The van der Waals surface area contributed by atoms with Crippen molar-refractivity contribution in [3.63, 3.8) is 0 Å². The molecule has 0 bridgehead atoms. The van der Waals surface area contributed by atoms with Gasteiger partial charge in [0.1, 0.15) is 5.39 Å². The zero-order valence-corrected chi connectivity index (χ0v) is 14.1. The molecule has 0 spiro atoms. The van der Waals surface area contributed by atoms with Crippen LogP contribution in [0.5, 0.6) is 0 Å². The summed E-state index contributed by atoms with van der Waals surface area (Å²) < 4.78 is 1.75. The highest BCUT2D eigenvalue weighted by atomic mass is 16.1. The second-order valence-corrected chi connectivity index (χ2v) is 6.78. The first kappa shape index (κ1) is 16.2. The minimum atomic E-state index is -0.264. The lowest BCUT2D eigenvalue weighted by atomic mass is 10.1. The Morgan fingerprint density at radius 1 is 1.29 bits per heavy atom. The first-order chi connectivity index (χ1) is 11.4. The van der Waals surface area contributed by atoms with Crippen LogP contribution in [0.4, 0.5) is 5.95 Å². The molecule has 2 heterocycles. The Labute approximate surface area is 139 Å². The standard InChI is InChI=1S/C17H22N6O/c1-17(2,3)23-14-12(9-20-23)15(24)22-16(21-14)19-10-13(18)11-7-5-4-6-8-11/h4-9,13H,10,18H2,1-3H3,(H2,19,21,22,24). The number of hydrogen-bond donors (Lipinski definition) is 3. The summed E-state index contributed by atoms with van der Waals surface area (Å²) in [6, 6.07) is 9.59. The van der Waals surface area contributed by atoms with Crippen LogP contribution < -0.4 is 16.6 Å². The molecular formula is C17H22N6O. The normalized spacial score (nSPS) is 13.2. The van der Waals surface area contributed by atoms with Gasteiger partial charge in [-0.3, -0.25) is 9.78 Å². The number of H-pyrrole nitrogens is 1. The highest BCUT2D eigenvalue weighted by molar-refractivity contribution is 5.74. The molecule has 0 aliphatic carbocycles. The number of anilines is 1. The fourth-order valence-corrected chi connectivity index (χ4v) is 2.52. The summed E-state index contributed by atoms with van der Waals surface area (Å²) in [6.07, 6.45) is 1.55. The molecule has 0 fully saturated rings. The van der Waals surface area contributed by atoms with E-state index in [4.69, 9.17) is 5.73 Å². The molecule has 7 nitrogen and oxygen atoms in total. The molecule has 126 valence electrons. The van der Waals surface area contributed by atoms with Gasteiger partial charge in [0, 0.05) is 12.6 Å². The Morgan fingerprint density at radius 2 is 2.00 bits per heavy atom. The molecule has 0 aliphatic rings. The van der Waals surface area contributed by atoms with Crippen LogP contribution in [0.15, 0.2) is 41.3 Å². The number of hydrogen-bond acceptors (Lipinski definition) is 5. The smallest absolute Gasteiger partial charge is 0.263 e. The van der Waals surface area contributed by atoms with Crippen LogP contribution in [0.25, 0.3) is 11.0 Å². The average Bonchev–Trinajstić information content (AvgIpc) is 2.98. The van der Waals surface area contributed by atoms with Gasteiger partial charge in [-0.15, -0.1) is 0 Å². The number of fused-ring (bicyclic) bond motifs is 1. The van der Waals surface area contributed by atoms with Crippen LogP contribution in [0, 0.1) is 0 Å². The highest BCUT2D eigenvalue weighted by Crippen LogP contribution is 2.19. The predicted octanol–water partition coefficient (Wildman–Crippen LogP) is 1.99. The minimum absolute atomic E-state index is 0.195. The van der Waals surface area contributed by atoms with E-state index >= 15 is 0 Å². The van der Waals surface area contributed by atoms with E-state index in [-0.39, 0.29) is 17.1 Å². The number of aromatic amines is 1. The fraction of sp³-hybridized carbons (Fsp3) is 0.353. The lowest BCUT2D eigenvalue weighted by Crippen LogP contribution is -2.25. The zero-order chi connectivity index (χ0) is 17.3. The molecular weight excluding hydrogens is 304 g/mol. The molecule has 2 aromatic heterocycles. The molecule has 24 heavy (non-hydrogen) atoms. The molecule has 4 N–H and O–H groups in total. The summed E-state index contributed by atoms with van der Waals surface area (Å²) >= 11 is 0. The molecule has 3 rings (SSSR count). The van der Waals surface area contributed by atoms with Crippen molar-refractivity contribution >= 4 is 17.0 Å². The zero-order valence-electron chi connectivity index (χ0n) is 14.1. The molecule has 1 atom stereocenters. The van der Waals surface area contributed by atoms with Crippen molar-refractivity contribution in [1.29, 1.82) is 0 Å². The summed E-state index contributed by atoms with van der Waals surface area (Å²) in [7, 11) is 0. The quantitative estimate of drug-likeness (QED) is 0.680.